The van der Waals surface area contributed by atoms with Crippen molar-refractivity contribution in [3.8, 4) is 6.07 Å². The second kappa shape index (κ2) is 6.69. The van der Waals surface area contributed by atoms with Crippen molar-refractivity contribution in [1.82, 2.24) is 10.2 Å². The Bertz CT molecular complexity index is 328. The second-order valence-electron chi connectivity index (χ2n) is 5.91. The van der Waals surface area contributed by atoms with Crippen LogP contribution in [0, 0.1) is 11.3 Å². The van der Waals surface area contributed by atoms with Crippen molar-refractivity contribution >= 4 is 0 Å². The average molecular weight is 265 g/mol. The summed E-state index contributed by atoms with van der Waals surface area (Å²) >= 11 is 0. The van der Waals surface area contributed by atoms with Crippen molar-refractivity contribution in [2.45, 2.75) is 63.6 Å². The fraction of sp³-hybridized carbons (Fsp3) is 0.933. The molecule has 0 spiro atoms. The summed E-state index contributed by atoms with van der Waals surface area (Å²) in [6.07, 6.45) is 5.65. The summed E-state index contributed by atoms with van der Waals surface area (Å²) in [4.78, 5) is 2.55. The van der Waals surface area contributed by atoms with Gasteiger partial charge < -0.3 is 4.74 Å². The molecule has 1 heterocycles. The summed E-state index contributed by atoms with van der Waals surface area (Å²) in [6, 6.07) is 3.09. The highest BCUT2D eigenvalue weighted by atomic mass is 16.5. The molecule has 1 aliphatic carbocycles. The third-order valence-electron chi connectivity index (χ3n) is 4.56. The van der Waals surface area contributed by atoms with Crippen LogP contribution in [0.5, 0.6) is 0 Å². The molecule has 1 saturated heterocycles. The van der Waals surface area contributed by atoms with Gasteiger partial charge >= 0.3 is 0 Å². The summed E-state index contributed by atoms with van der Waals surface area (Å²) in [5.74, 6) is 0. The van der Waals surface area contributed by atoms with E-state index >= 15 is 0 Å². The van der Waals surface area contributed by atoms with Crippen molar-refractivity contribution in [2.24, 2.45) is 0 Å². The lowest BCUT2D eigenvalue weighted by molar-refractivity contribution is -0.0440. The van der Waals surface area contributed by atoms with Gasteiger partial charge in [-0.15, -0.1) is 0 Å². The Kier molecular flexibility index (Phi) is 5.20. The highest BCUT2D eigenvalue weighted by Crippen LogP contribution is 2.33. The fourth-order valence-electron chi connectivity index (χ4n) is 3.32. The molecule has 0 radical (unpaired) electrons. The molecule has 19 heavy (non-hydrogen) atoms. The highest BCUT2D eigenvalue weighted by molar-refractivity contribution is 5.13. The number of rotatable bonds is 5. The predicted octanol–water partition coefficient (Wildman–Crippen LogP) is 1.91. The first-order chi connectivity index (χ1) is 9.23. The van der Waals surface area contributed by atoms with Crippen LogP contribution in [0.3, 0.4) is 0 Å². The van der Waals surface area contributed by atoms with Crippen LogP contribution in [0.4, 0.5) is 0 Å². The van der Waals surface area contributed by atoms with E-state index in [1.54, 1.807) is 0 Å². The zero-order valence-electron chi connectivity index (χ0n) is 12.3. The molecule has 1 N–H and O–H groups in total. The summed E-state index contributed by atoms with van der Waals surface area (Å²) in [6.45, 7) is 8.19. The first kappa shape index (κ1) is 14.8. The topological polar surface area (TPSA) is 48.3 Å². The molecule has 1 saturated carbocycles. The SMILES string of the molecule is CCCNC1(C#N)CCC(N2CCOC(CC)C2)C1. The van der Waals surface area contributed by atoms with E-state index in [-0.39, 0.29) is 5.54 Å². The lowest BCUT2D eigenvalue weighted by Gasteiger charge is -2.37. The van der Waals surface area contributed by atoms with E-state index in [0.717, 1.165) is 58.3 Å². The molecular weight excluding hydrogens is 238 g/mol. The lowest BCUT2D eigenvalue weighted by atomic mass is 9.99. The molecule has 0 aromatic rings. The van der Waals surface area contributed by atoms with Crippen LogP contribution in [0.25, 0.3) is 0 Å². The summed E-state index contributed by atoms with van der Waals surface area (Å²) < 4.78 is 5.74. The molecule has 1 aliphatic heterocycles. The number of nitriles is 1. The van der Waals surface area contributed by atoms with Gasteiger partial charge in [0.1, 0.15) is 5.54 Å². The predicted molar refractivity (Wildman–Crippen MR) is 75.9 cm³/mol. The van der Waals surface area contributed by atoms with Crippen LogP contribution in [-0.4, -0.2) is 48.8 Å². The molecule has 2 fully saturated rings. The van der Waals surface area contributed by atoms with Gasteiger partial charge in [-0.2, -0.15) is 5.26 Å². The first-order valence-corrected chi connectivity index (χ1v) is 7.75. The third kappa shape index (κ3) is 3.47. The number of nitrogens with zero attached hydrogens (tertiary/aromatic N) is 2. The summed E-state index contributed by atoms with van der Waals surface area (Å²) in [7, 11) is 0. The number of hydrogen-bond donors (Lipinski definition) is 1. The average Bonchev–Trinajstić information content (AvgIpc) is 2.90. The molecule has 4 heteroatoms. The minimum Gasteiger partial charge on any atom is -0.376 e. The smallest absolute Gasteiger partial charge is 0.108 e. The molecule has 4 nitrogen and oxygen atoms in total. The van der Waals surface area contributed by atoms with Crippen molar-refractivity contribution in [3.05, 3.63) is 0 Å². The molecule has 0 bridgehead atoms. The molecule has 0 aromatic carbocycles. The normalized spacial score (nSPS) is 36.3. The Balaban J connectivity index is 1.91. The molecule has 0 amide bonds. The Morgan fingerprint density at radius 3 is 3.00 bits per heavy atom. The van der Waals surface area contributed by atoms with Gasteiger partial charge in [0.25, 0.3) is 0 Å². The minimum atomic E-state index is -0.277. The Morgan fingerprint density at radius 1 is 1.47 bits per heavy atom. The molecule has 3 atom stereocenters. The van der Waals surface area contributed by atoms with Crippen LogP contribution in [0.1, 0.15) is 46.0 Å². The highest BCUT2D eigenvalue weighted by Gasteiger charge is 2.41. The molecule has 3 unspecified atom stereocenters. The van der Waals surface area contributed by atoms with Gasteiger partial charge in [-0.1, -0.05) is 13.8 Å². The van der Waals surface area contributed by atoms with Crippen molar-refractivity contribution < 1.29 is 4.74 Å². The van der Waals surface area contributed by atoms with Crippen molar-refractivity contribution in [3.63, 3.8) is 0 Å². The Hall–Kier alpha value is -0.630. The van der Waals surface area contributed by atoms with Crippen LogP contribution < -0.4 is 5.32 Å². The molecular formula is C15H27N3O. The van der Waals surface area contributed by atoms with Gasteiger partial charge in [-0.3, -0.25) is 10.2 Å². The van der Waals surface area contributed by atoms with Gasteiger partial charge in [-0.05, 0) is 38.6 Å². The van der Waals surface area contributed by atoms with Crippen LogP contribution in [0.2, 0.25) is 0 Å². The number of morpholine rings is 1. The van der Waals surface area contributed by atoms with E-state index in [4.69, 9.17) is 4.74 Å². The maximum atomic E-state index is 9.50. The minimum absolute atomic E-state index is 0.277. The number of nitrogens with one attached hydrogen (secondary N) is 1. The maximum absolute atomic E-state index is 9.50. The Labute approximate surface area is 117 Å². The van der Waals surface area contributed by atoms with Gasteiger partial charge in [0.05, 0.1) is 18.8 Å². The largest absolute Gasteiger partial charge is 0.376 e. The van der Waals surface area contributed by atoms with Crippen LogP contribution in [0.15, 0.2) is 0 Å². The van der Waals surface area contributed by atoms with E-state index in [1.807, 2.05) is 0 Å². The monoisotopic (exact) mass is 265 g/mol. The van der Waals surface area contributed by atoms with Crippen molar-refractivity contribution in [2.75, 3.05) is 26.2 Å². The van der Waals surface area contributed by atoms with Gasteiger partial charge in [0.2, 0.25) is 0 Å². The van der Waals surface area contributed by atoms with Crippen molar-refractivity contribution in [1.29, 1.82) is 5.26 Å². The molecule has 108 valence electrons. The molecule has 2 aliphatic rings. The summed E-state index contributed by atoms with van der Waals surface area (Å²) in [5, 5.41) is 13.0. The van der Waals surface area contributed by atoms with Gasteiger partial charge in [0.15, 0.2) is 0 Å². The van der Waals surface area contributed by atoms with Crippen LogP contribution in [-0.2, 0) is 4.74 Å². The maximum Gasteiger partial charge on any atom is 0.108 e. The summed E-state index contributed by atoms with van der Waals surface area (Å²) in [5.41, 5.74) is -0.277. The zero-order chi connectivity index (χ0) is 13.7. The first-order valence-electron chi connectivity index (χ1n) is 7.75. The van der Waals surface area contributed by atoms with E-state index in [1.165, 1.54) is 0 Å². The standard InChI is InChI=1S/C15H27N3O/c1-3-7-17-15(12-16)6-5-13(10-15)18-8-9-19-14(4-2)11-18/h13-14,17H,3-11H2,1-2H3. The Morgan fingerprint density at radius 2 is 2.32 bits per heavy atom. The number of hydrogen-bond acceptors (Lipinski definition) is 4. The van der Waals surface area contributed by atoms with Gasteiger partial charge in [-0.25, -0.2) is 0 Å². The van der Waals surface area contributed by atoms with Crippen LogP contribution >= 0.6 is 0 Å². The van der Waals surface area contributed by atoms with E-state index in [9.17, 15) is 5.26 Å². The van der Waals surface area contributed by atoms with E-state index in [2.05, 4.69) is 30.1 Å². The van der Waals surface area contributed by atoms with E-state index < -0.39 is 0 Å². The van der Waals surface area contributed by atoms with Gasteiger partial charge in [0, 0.05) is 19.1 Å². The third-order valence-corrected chi connectivity index (χ3v) is 4.56. The number of ether oxygens (including phenoxy) is 1. The zero-order valence-corrected chi connectivity index (χ0v) is 12.3. The lowest BCUT2D eigenvalue weighted by Crippen LogP contribution is -2.49. The molecule has 0 aromatic heterocycles. The fourth-order valence-corrected chi connectivity index (χ4v) is 3.32. The molecule has 2 rings (SSSR count). The second-order valence-corrected chi connectivity index (χ2v) is 5.91. The van der Waals surface area contributed by atoms with E-state index in [0.29, 0.717) is 12.1 Å². The quantitative estimate of drug-likeness (QED) is 0.825.